The zero-order chi connectivity index (χ0) is 18.4. The highest BCUT2D eigenvalue weighted by Gasteiger charge is 2.11. The van der Waals surface area contributed by atoms with E-state index in [1.165, 1.54) is 0 Å². The number of benzene rings is 1. The number of aromatic nitrogens is 1. The standard InChI is InChI=1S/C20H26N4O2/c1-15-11-16(2)13-18(12-15)23-20(25)17-3-4-21-19(14-17)22-5-6-24-7-9-26-10-8-24/h3-4,11-14H,5-10H2,1-2H3,(H,21,22)(H,23,25). The lowest BCUT2D eigenvalue weighted by molar-refractivity contribution is 0.0398. The van der Waals surface area contributed by atoms with Crippen molar-refractivity contribution in [1.29, 1.82) is 0 Å². The van der Waals surface area contributed by atoms with Crippen molar-refractivity contribution in [1.82, 2.24) is 9.88 Å². The molecule has 6 heteroatoms. The minimum absolute atomic E-state index is 0.131. The number of hydrogen-bond donors (Lipinski definition) is 2. The maximum atomic E-state index is 12.5. The van der Waals surface area contributed by atoms with Crippen LogP contribution in [-0.2, 0) is 4.74 Å². The molecule has 26 heavy (non-hydrogen) atoms. The van der Waals surface area contributed by atoms with Gasteiger partial charge in [0.2, 0.25) is 0 Å². The largest absolute Gasteiger partial charge is 0.379 e. The topological polar surface area (TPSA) is 66.5 Å². The van der Waals surface area contributed by atoms with Crippen LogP contribution in [0.2, 0.25) is 0 Å². The van der Waals surface area contributed by atoms with Gasteiger partial charge in [0.05, 0.1) is 13.2 Å². The van der Waals surface area contributed by atoms with Crippen molar-refractivity contribution in [3.63, 3.8) is 0 Å². The lowest BCUT2D eigenvalue weighted by Crippen LogP contribution is -2.39. The summed E-state index contributed by atoms with van der Waals surface area (Å²) in [6, 6.07) is 9.53. The van der Waals surface area contributed by atoms with Crippen LogP contribution in [0.5, 0.6) is 0 Å². The van der Waals surface area contributed by atoms with E-state index >= 15 is 0 Å². The van der Waals surface area contributed by atoms with Gasteiger partial charge >= 0.3 is 0 Å². The molecule has 1 saturated heterocycles. The molecule has 6 nitrogen and oxygen atoms in total. The Kier molecular flexibility index (Phi) is 6.20. The summed E-state index contributed by atoms with van der Waals surface area (Å²) >= 11 is 0. The maximum absolute atomic E-state index is 12.5. The van der Waals surface area contributed by atoms with Crippen molar-refractivity contribution in [2.75, 3.05) is 50.0 Å². The van der Waals surface area contributed by atoms with Crippen molar-refractivity contribution in [2.45, 2.75) is 13.8 Å². The fourth-order valence-electron chi connectivity index (χ4n) is 3.09. The normalized spacial score (nSPS) is 14.8. The number of rotatable bonds is 6. The lowest BCUT2D eigenvalue weighted by Gasteiger charge is -2.26. The number of carbonyl (C=O) groups excluding carboxylic acids is 1. The molecular formula is C20H26N4O2. The average molecular weight is 354 g/mol. The predicted molar refractivity (Wildman–Crippen MR) is 104 cm³/mol. The molecule has 1 aromatic carbocycles. The number of carbonyl (C=O) groups is 1. The van der Waals surface area contributed by atoms with Gasteiger partial charge in [0.1, 0.15) is 5.82 Å². The Morgan fingerprint density at radius 1 is 1.15 bits per heavy atom. The molecule has 1 amide bonds. The molecular weight excluding hydrogens is 328 g/mol. The van der Waals surface area contributed by atoms with Gasteiger partial charge in [0, 0.05) is 43.6 Å². The summed E-state index contributed by atoms with van der Waals surface area (Å²) < 4.78 is 5.35. The second kappa shape index (κ2) is 8.78. The van der Waals surface area contributed by atoms with Crippen LogP contribution < -0.4 is 10.6 Å². The van der Waals surface area contributed by atoms with Crippen LogP contribution in [0.4, 0.5) is 11.5 Å². The first-order chi connectivity index (χ1) is 12.6. The molecule has 1 aromatic heterocycles. The van der Waals surface area contributed by atoms with Crippen molar-refractivity contribution in [3.05, 3.63) is 53.2 Å². The fraction of sp³-hybridized carbons (Fsp3) is 0.400. The molecule has 0 unspecified atom stereocenters. The summed E-state index contributed by atoms with van der Waals surface area (Å²) in [5, 5.41) is 6.25. The monoisotopic (exact) mass is 354 g/mol. The second-order valence-electron chi connectivity index (χ2n) is 6.64. The van der Waals surface area contributed by atoms with Gasteiger partial charge in [-0.05, 0) is 49.2 Å². The molecule has 0 atom stereocenters. The summed E-state index contributed by atoms with van der Waals surface area (Å²) in [7, 11) is 0. The van der Waals surface area contributed by atoms with Crippen LogP contribution in [0.25, 0.3) is 0 Å². The fourth-order valence-corrected chi connectivity index (χ4v) is 3.09. The van der Waals surface area contributed by atoms with Gasteiger partial charge in [-0.3, -0.25) is 9.69 Å². The van der Waals surface area contributed by atoms with E-state index < -0.39 is 0 Å². The van der Waals surface area contributed by atoms with Crippen molar-refractivity contribution >= 4 is 17.4 Å². The number of anilines is 2. The summed E-state index contributed by atoms with van der Waals surface area (Å²) in [5.74, 6) is 0.583. The van der Waals surface area contributed by atoms with E-state index in [9.17, 15) is 4.79 Å². The molecule has 2 aromatic rings. The first kappa shape index (κ1) is 18.4. The molecule has 3 rings (SSSR count). The number of nitrogens with zero attached hydrogens (tertiary/aromatic N) is 2. The van der Waals surface area contributed by atoms with Crippen LogP contribution in [0, 0.1) is 13.8 Å². The van der Waals surface area contributed by atoms with Crippen LogP contribution >= 0.6 is 0 Å². The van der Waals surface area contributed by atoms with Crippen LogP contribution in [0.1, 0.15) is 21.5 Å². The molecule has 1 fully saturated rings. The molecule has 138 valence electrons. The number of amides is 1. The highest BCUT2D eigenvalue weighted by Crippen LogP contribution is 2.16. The molecule has 2 heterocycles. The van der Waals surface area contributed by atoms with Gasteiger partial charge in [0.25, 0.3) is 5.91 Å². The Morgan fingerprint density at radius 2 is 1.88 bits per heavy atom. The maximum Gasteiger partial charge on any atom is 0.255 e. The van der Waals surface area contributed by atoms with Gasteiger partial charge in [0.15, 0.2) is 0 Å². The van der Waals surface area contributed by atoms with E-state index in [0.717, 1.165) is 56.2 Å². The van der Waals surface area contributed by atoms with E-state index in [4.69, 9.17) is 4.74 Å². The Morgan fingerprint density at radius 3 is 2.62 bits per heavy atom. The van der Waals surface area contributed by atoms with Gasteiger partial charge in [-0.1, -0.05) is 6.07 Å². The molecule has 0 aliphatic carbocycles. The number of aryl methyl sites for hydroxylation is 2. The highest BCUT2D eigenvalue weighted by molar-refractivity contribution is 6.04. The zero-order valence-electron chi connectivity index (χ0n) is 15.4. The number of hydrogen-bond acceptors (Lipinski definition) is 5. The number of pyridine rings is 1. The highest BCUT2D eigenvalue weighted by atomic mass is 16.5. The number of ether oxygens (including phenoxy) is 1. The van der Waals surface area contributed by atoms with Crippen LogP contribution in [0.3, 0.4) is 0 Å². The summed E-state index contributed by atoms with van der Waals surface area (Å²) in [6.45, 7) is 9.29. The third-order valence-electron chi connectivity index (χ3n) is 4.34. The minimum atomic E-state index is -0.131. The SMILES string of the molecule is Cc1cc(C)cc(NC(=O)c2ccnc(NCCN3CCOCC3)c2)c1. The zero-order valence-corrected chi connectivity index (χ0v) is 15.4. The minimum Gasteiger partial charge on any atom is -0.379 e. The first-order valence-corrected chi connectivity index (χ1v) is 9.00. The van der Waals surface area contributed by atoms with E-state index in [1.807, 2.05) is 26.0 Å². The molecule has 0 bridgehead atoms. The summed E-state index contributed by atoms with van der Waals surface area (Å²) in [4.78, 5) is 19.2. The Balaban J connectivity index is 1.56. The molecule has 0 saturated carbocycles. The van der Waals surface area contributed by atoms with Gasteiger partial charge < -0.3 is 15.4 Å². The van der Waals surface area contributed by atoms with Gasteiger partial charge in [-0.15, -0.1) is 0 Å². The van der Waals surface area contributed by atoms with Crippen molar-refractivity contribution in [2.24, 2.45) is 0 Å². The quantitative estimate of drug-likeness (QED) is 0.835. The van der Waals surface area contributed by atoms with Crippen LogP contribution in [-0.4, -0.2) is 55.2 Å². The van der Waals surface area contributed by atoms with E-state index in [-0.39, 0.29) is 5.91 Å². The molecule has 1 aliphatic heterocycles. The number of morpholine rings is 1. The lowest BCUT2D eigenvalue weighted by atomic mass is 10.1. The summed E-state index contributed by atoms with van der Waals surface area (Å²) in [5.41, 5.74) is 3.65. The van der Waals surface area contributed by atoms with Crippen LogP contribution in [0.15, 0.2) is 36.5 Å². The first-order valence-electron chi connectivity index (χ1n) is 9.00. The second-order valence-corrected chi connectivity index (χ2v) is 6.64. The molecule has 2 N–H and O–H groups in total. The Labute approximate surface area is 154 Å². The third kappa shape index (κ3) is 5.28. The Hall–Kier alpha value is -2.44. The average Bonchev–Trinajstić information content (AvgIpc) is 2.62. The van der Waals surface area contributed by atoms with Gasteiger partial charge in [-0.25, -0.2) is 4.98 Å². The van der Waals surface area contributed by atoms with E-state index in [0.29, 0.717) is 11.4 Å². The Bertz CT molecular complexity index is 737. The van der Waals surface area contributed by atoms with E-state index in [1.54, 1.807) is 18.3 Å². The predicted octanol–water partition coefficient (Wildman–Crippen LogP) is 2.69. The smallest absolute Gasteiger partial charge is 0.255 e. The number of nitrogens with one attached hydrogen (secondary N) is 2. The van der Waals surface area contributed by atoms with Crippen molar-refractivity contribution < 1.29 is 9.53 Å². The van der Waals surface area contributed by atoms with E-state index in [2.05, 4.69) is 26.6 Å². The summed E-state index contributed by atoms with van der Waals surface area (Å²) in [6.07, 6.45) is 1.66. The molecule has 0 radical (unpaired) electrons. The molecule has 0 spiro atoms. The van der Waals surface area contributed by atoms with Crippen molar-refractivity contribution in [3.8, 4) is 0 Å². The molecule has 1 aliphatic rings. The van der Waals surface area contributed by atoms with Gasteiger partial charge in [-0.2, -0.15) is 0 Å². The third-order valence-corrected chi connectivity index (χ3v) is 4.34.